The van der Waals surface area contributed by atoms with Gasteiger partial charge in [-0.2, -0.15) is 0 Å². The normalized spacial score (nSPS) is 10.1. The Morgan fingerprint density at radius 2 is 2.22 bits per heavy atom. The molecule has 0 bridgehead atoms. The number of ether oxygens (including phenoxy) is 1. The topological polar surface area (TPSA) is 34.1 Å². The van der Waals surface area contributed by atoms with E-state index < -0.39 is 0 Å². The molecule has 2 aromatic rings. The van der Waals surface area contributed by atoms with Gasteiger partial charge in [0.05, 0.1) is 7.11 Å². The third kappa shape index (κ3) is 3.20. The summed E-state index contributed by atoms with van der Waals surface area (Å²) in [4.78, 5) is 4.05. The van der Waals surface area contributed by atoms with E-state index >= 15 is 0 Å². The molecule has 0 unspecified atom stereocenters. The molecular formula is C14H15FN2O. The smallest absolute Gasteiger partial charge is 0.165 e. The van der Waals surface area contributed by atoms with Crippen LogP contribution in [0.15, 0.2) is 42.7 Å². The van der Waals surface area contributed by atoms with Crippen LogP contribution in [0.2, 0.25) is 0 Å². The Hall–Kier alpha value is -2.10. The van der Waals surface area contributed by atoms with Crippen LogP contribution in [0.25, 0.3) is 0 Å². The Bertz CT molecular complexity index is 502. The summed E-state index contributed by atoms with van der Waals surface area (Å²) < 4.78 is 18.1. The molecule has 4 heteroatoms. The van der Waals surface area contributed by atoms with Crippen LogP contribution in [0.1, 0.15) is 5.56 Å². The van der Waals surface area contributed by atoms with Crippen LogP contribution >= 0.6 is 0 Å². The minimum atomic E-state index is -0.352. The molecule has 0 atom stereocenters. The molecule has 0 saturated carbocycles. The first kappa shape index (κ1) is 12.4. The molecule has 94 valence electrons. The van der Waals surface area contributed by atoms with E-state index in [1.165, 1.54) is 18.7 Å². The monoisotopic (exact) mass is 246 g/mol. The maximum Gasteiger partial charge on any atom is 0.165 e. The predicted molar refractivity (Wildman–Crippen MR) is 69.4 cm³/mol. The lowest BCUT2D eigenvalue weighted by Crippen LogP contribution is -2.05. The summed E-state index contributed by atoms with van der Waals surface area (Å²) in [6.45, 7) is 0.764. The van der Waals surface area contributed by atoms with Gasteiger partial charge in [-0.3, -0.25) is 4.98 Å². The molecule has 3 nitrogen and oxygen atoms in total. The fraction of sp³-hybridized carbons (Fsp3) is 0.214. The van der Waals surface area contributed by atoms with Crippen molar-refractivity contribution in [1.82, 2.24) is 4.98 Å². The summed E-state index contributed by atoms with van der Waals surface area (Å²) in [5.74, 6) is -0.100. The van der Waals surface area contributed by atoms with E-state index in [9.17, 15) is 4.39 Å². The van der Waals surface area contributed by atoms with Crippen LogP contribution in [-0.2, 0) is 6.42 Å². The van der Waals surface area contributed by atoms with Crippen LogP contribution in [0.3, 0.4) is 0 Å². The number of rotatable bonds is 5. The summed E-state index contributed by atoms with van der Waals surface area (Å²) in [6.07, 6.45) is 4.46. The Balaban J connectivity index is 1.91. The van der Waals surface area contributed by atoms with Crippen LogP contribution in [0.4, 0.5) is 10.1 Å². The second-order valence-electron chi connectivity index (χ2n) is 3.89. The van der Waals surface area contributed by atoms with Gasteiger partial charge in [0.2, 0.25) is 0 Å². The number of pyridine rings is 1. The van der Waals surface area contributed by atoms with E-state index in [2.05, 4.69) is 10.3 Å². The largest absolute Gasteiger partial charge is 0.494 e. The second-order valence-corrected chi connectivity index (χ2v) is 3.89. The van der Waals surface area contributed by atoms with Crippen molar-refractivity contribution >= 4 is 5.69 Å². The van der Waals surface area contributed by atoms with Crippen LogP contribution in [0.5, 0.6) is 5.75 Å². The fourth-order valence-corrected chi connectivity index (χ4v) is 1.67. The van der Waals surface area contributed by atoms with Crippen molar-refractivity contribution in [1.29, 1.82) is 0 Å². The van der Waals surface area contributed by atoms with Crippen molar-refractivity contribution in [3.05, 3.63) is 54.1 Å². The quantitative estimate of drug-likeness (QED) is 0.880. The summed E-state index contributed by atoms with van der Waals surface area (Å²) in [6, 6.07) is 8.68. The number of aromatic nitrogens is 1. The fourth-order valence-electron chi connectivity index (χ4n) is 1.67. The summed E-state index contributed by atoms with van der Waals surface area (Å²) in [5.41, 5.74) is 2.01. The summed E-state index contributed by atoms with van der Waals surface area (Å²) >= 11 is 0. The minimum Gasteiger partial charge on any atom is -0.494 e. The molecule has 0 radical (unpaired) electrons. The number of hydrogen-bond acceptors (Lipinski definition) is 3. The van der Waals surface area contributed by atoms with Crippen LogP contribution < -0.4 is 10.1 Å². The Labute approximate surface area is 106 Å². The molecule has 2 rings (SSSR count). The highest BCUT2D eigenvalue weighted by Gasteiger charge is 2.02. The molecule has 0 fully saturated rings. The highest BCUT2D eigenvalue weighted by atomic mass is 19.1. The third-order valence-electron chi connectivity index (χ3n) is 2.62. The molecule has 0 spiro atoms. The third-order valence-corrected chi connectivity index (χ3v) is 2.62. The minimum absolute atomic E-state index is 0.251. The molecule has 1 aromatic carbocycles. The van der Waals surface area contributed by atoms with Crippen LogP contribution in [-0.4, -0.2) is 18.6 Å². The predicted octanol–water partition coefficient (Wildman–Crippen LogP) is 2.88. The highest BCUT2D eigenvalue weighted by Crippen LogP contribution is 2.21. The van der Waals surface area contributed by atoms with Gasteiger partial charge in [-0.25, -0.2) is 4.39 Å². The molecule has 1 heterocycles. The average Bonchev–Trinajstić information content (AvgIpc) is 2.42. The first-order valence-corrected chi connectivity index (χ1v) is 5.76. The molecule has 0 amide bonds. The maximum atomic E-state index is 13.2. The number of anilines is 1. The lowest BCUT2D eigenvalue weighted by Gasteiger charge is -2.08. The number of halogens is 1. The van der Waals surface area contributed by atoms with E-state index in [4.69, 9.17) is 4.74 Å². The van der Waals surface area contributed by atoms with Gasteiger partial charge in [-0.05, 0) is 30.2 Å². The summed E-state index contributed by atoms with van der Waals surface area (Å²) in [5, 5.41) is 3.22. The van der Waals surface area contributed by atoms with Crippen molar-refractivity contribution < 1.29 is 9.13 Å². The zero-order valence-electron chi connectivity index (χ0n) is 10.2. The van der Waals surface area contributed by atoms with Crippen molar-refractivity contribution in [3.63, 3.8) is 0 Å². The maximum absolute atomic E-state index is 13.2. The number of nitrogens with one attached hydrogen (secondary N) is 1. The van der Waals surface area contributed by atoms with Gasteiger partial charge in [0.25, 0.3) is 0 Å². The SMILES string of the molecule is COc1cc(NCCc2cccnc2)ccc1F. The van der Waals surface area contributed by atoms with Gasteiger partial charge in [0.15, 0.2) is 11.6 Å². The zero-order chi connectivity index (χ0) is 12.8. The Kier molecular flexibility index (Phi) is 4.12. The van der Waals surface area contributed by atoms with Gasteiger partial charge in [0, 0.05) is 30.7 Å². The molecule has 1 N–H and O–H groups in total. The lowest BCUT2D eigenvalue weighted by atomic mass is 10.2. The zero-order valence-corrected chi connectivity index (χ0v) is 10.2. The molecule has 0 saturated heterocycles. The molecule has 0 aliphatic rings. The number of methoxy groups -OCH3 is 1. The standard InChI is InChI=1S/C14H15FN2O/c1-18-14-9-12(4-5-13(14)15)17-8-6-11-3-2-7-16-10-11/h2-5,7,9-10,17H,6,8H2,1H3. The number of nitrogens with zero attached hydrogens (tertiary/aromatic N) is 1. The number of benzene rings is 1. The Morgan fingerprint density at radius 1 is 1.33 bits per heavy atom. The highest BCUT2D eigenvalue weighted by molar-refractivity contribution is 5.48. The van der Waals surface area contributed by atoms with E-state index in [0.717, 1.165) is 18.7 Å². The molecule has 0 aliphatic carbocycles. The Morgan fingerprint density at radius 3 is 2.94 bits per heavy atom. The van der Waals surface area contributed by atoms with E-state index in [0.29, 0.717) is 0 Å². The van der Waals surface area contributed by atoms with E-state index in [1.807, 2.05) is 18.3 Å². The average molecular weight is 246 g/mol. The van der Waals surface area contributed by atoms with Gasteiger partial charge >= 0.3 is 0 Å². The van der Waals surface area contributed by atoms with E-state index in [1.54, 1.807) is 18.3 Å². The van der Waals surface area contributed by atoms with E-state index in [-0.39, 0.29) is 11.6 Å². The molecule has 0 aliphatic heterocycles. The molecule has 18 heavy (non-hydrogen) atoms. The molecule has 1 aromatic heterocycles. The first-order chi connectivity index (χ1) is 8.79. The van der Waals surface area contributed by atoms with Gasteiger partial charge < -0.3 is 10.1 Å². The molecular weight excluding hydrogens is 231 g/mol. The van der Waals surface area contributed by atoms with Crippen molar-refractivity contribution in [2.24, 2.45) is 0 Å². The summed E-state index contributed by atoms with van der Waals surface area (Å²) in [7, 11) is 1.46. The van der Waals surface area contributed by atoms with Crippen molar-refractivity contribution in [2.75, 3.05) is 19.0 Å². The number of hydrogen-bond donors (Lipinski definition) is 1. The van der Waals surface area contributed by atoms with Gasteiger partial charge in [-0.15, -0.1) is 0 Å². The van der Waals surface area contributed by atoms with Crippen molar-refractivity contribution in [2.45, 2.75) is 6.42 Å². The van der Waals surface area contributed by atoms with Crippen LogP contribution in [0, 0.1) is 5.82 Å². The lowest BCUT2D eigenvalue weighted by molar-refractivity contribution is 0.387. The van der Waals surface area contributed by atoms with Gasteiger partial charge in [0.1, 0.15) is 0 Å². The first-order valence-electron chi connectivity index (χ1n) is 5.76. The second kappa shape index (κ2) is 6.00. The van der Waals surface area contributed by atoms with Crippen molar-refractivity contribution in [3.8, 4) is 5.75 Å². The van der Waals surface area contributed by atoms with Gasteiger partial charge in [-0.1, -0.05) is 6.07 Å².